The monoisotopic (exact) mass is 388 g/mol. The highest BCUT2D eigenvalue weighted by Gasteiger charge is 2.10. The number of hydrazone groups is 1. The van der Waals surface area contributed by atoms with E-state index in [1.165, 1.54) is 20.4 Å². The Balaban J connectivity index is 1.82. The fourth-order valence-corrected chi connectivity index (χ4v) is 2.87. The van der Waals surface area contributed by atoms with Crippen LogP contribution in [0.2, 0.25) is 0 Å². The number of carbonyl (C=O) groups is 2. The van der Waals surface area contributed by atoms with Crippen LogP contribution in [0.4, 0.5) is 4.79 Å². The van der Waals surface area contributed by atoms with Gasteiger partial charge in [-0.3, -0.25) is 4.79 Å². The molecule has 0 spiro atoms. The van der Waals surface area contributed by atoms with E-state index >= 15 is 0 Å². The quantitative estimate of drug-likeness (QED) is 0.245. The van der Waals surface area contributed by atoms with E-state index in [1.54, 1.807) is 30.0 Å². The number of thioether (sulfide) groups is 1. The fourth-order valence-electron chi connectivity index (χ4n) is 1.99. The predicted octanol–water partition coefficient (Wildman–Crippen LogP) is 3.47. The Morgan fingerprint density at radius 1 is 1.11 bits per heavy atom. The second-order valence-electron chi connectivity index (χ2n) is 5.17. The minimum Gasteiger partial charge on any atom is -0.493 e. The van der Waals surface area contributed by atoms with E-state index in [9.17, 15) is 9.59 Å². The van der Waals surface area contributed by atoms with Gasteiger partial charge in [-0.25, -0.2) is 10.2 Å². The van der Waals surface area contributed by atoms with Gasteiger partial charge in [-0.1, -0.05) is 18.2 Å². The molecule has 0 heterocycles. The van der Waals surface area contributed by atoms with Gasteiger partial charge in [0.2, 0.25) is 5.91 Å². The van der Waals surface area contributed by atoms with Crippen LogP contribution < -0.4 is 14.9 Å². The molecule has 1 amide bonds. The van der Waals surface area contributed by atoms with Crippen molar-refractivity contribution in [2.24, 2.45) is 5.10 Å². The van der Waals surface area contributed by atoms with Gasteiger partial charge in [0.15, 0.2) is 11.5 Å². The summed E-state index contributed by atoms with van der Waals surface area (Å²) in [6.45, 7) is 0. The van der Waals surface area contributed by atoms with Crippen LogP contribution in [0.25, 0.3) is 0 Å². The first-order chi connectivity index (χ1) is 13.1. The van der Waals surface area contributed by atoms with Gasteiger partial charge >= 0.3 is 6.16 Å². The zero-order valence-corrected chi connectivity index (χ0v) is 15.8. The third-order valence-corrected chi connectivity index (χ3v) is 4.31. The van der Waals surface area contributed by atoms with E-state index < -0.39 is 6.16 Å². The molecule has 0 saturated heterocycles. The minimum absolute atomic E-state index is 0.174. The van der Waals surface area contributed by atoms with Crippen molar-refractivity contribution >= 4 is 30.0 Å². The molecule has 2 aromatic carbocycles. The van der Waals surface area contributed by atoms with Crippen LogP contribution in [-0.4, -0.2) is 38.2 Å². The normalized spacial score (nSPS) is 10.4. The second kappa shape index (κ2) is 10.9. The lowest BCUT2D eigenvalue weighted by Crippen LogP contribution is -2.17. The van der Waals surface area contributed by atoms with Crippen LogP contribution in [0, 0.1) is 0 Å². The zero-order chi connectivity index (χ0) is 19.5. The molecule has 0 saturated carbocycles. The summed E-state index contributed by atoms with van der Waals surface area (Å²) >= 11 is 1.61. The summed E-state index contributed by atoms with van der Waals surface area (Å²) in [6, 6.07) is 14.7. The largest absolute Gasteiger partial charge is 0.513 e. The highest BCUT2D eigenvalue weighted by molar-refractivity contribution is 7.99. The van der Waals surface area contributed by atoms with Gasteiger partial charge in [0.1, 0.15) is 0 Å². The van der Waals surface area contributed by atoms with Gasteiger partial charge in [-0.15, -0.1) is 11.8 Å². The zero-order valence-electron chi connectivity index (χ0n) is 15.0. The van der Waals surface area contributed by atoms with Crippen molar-refractivity contribution in [1.29, 1.82) is 0 Å². The van der Waals surface area contributed by atoms with E-state index in [0.717, 1.165) is 4.90 Å². The average Bonchev–Trinajstić information content (AvgIpc) is 2.69. The van der Waals surface area contributed by atoms with Crippen molar-refractivity contribution in [3.8, 4) is 11.5 Å². The molecular weight excluding hydrogens is 368 g/mol. The summed E-state index contributed by atoms with van der Waals surface area (Å²) in [4.78, 5) is 24.1. The topological polar surface area (TPSA) is 86.2 Å². The Labute approximate surface area is 161 Å². The Kier molecular flexibility index (Phi) is 8.18. The Morgan fingerprint density at radius 2 is 1.89 bits per heavy atom. The van der Waals surface area contributed by atoms with E-state index in [0.29, 0.717) is 23.5 Å². The van der Waals surface area contributed by atoms with Gasteiger partial charge in [0, 0.05) is 17.1 Å². The third kappa shape index (κ3) is 7.02. The SMILES string of the molecule is COC(=O)Oc1ccc(/C=N\NC(=O)CCSc2ccccc2)cc1OC. The number of amides is 1. The maximum absolute atomic E-state index is 11.8. The molecule has 8 heteroatoms. The van der Waals surface area contributed by atoms with Crippen LogP contribution in [-0.2, 0) is 9.53 Å². The molecule has 0 atom stereocenters. The molecule has 27 heavy (non-hydrogen) atoms. The summed E-state index contributed by atoms with van der Waals surface area (Å²) in [6.07, 6.45) is 0.995. The van der Waals surface area contributed by atoms with Crippen LogP contribution in [0.3, 0.4) is 0 Å². The molecule has 0 aliphatic rings. The lowest BCUT2D eigenvalue weighted by Gasteiger charge is -2.08. The highest BCUT2D eigenvalue weighted by atomic mass is 32.2. The molecule has 0 aliphatic heterocycles. The standard InChI is InChI=1S/C19H20N2O5S/c1-24-17-12-14(8-9-16(17)26-19(23)25-2)13-20-21-18(22)10-11-27-15-6-4-3-5-7-15/h3-9,12-13H,10-11H2,1-2H3,(H,21,22)/b20-13-. The highest BCUT2D eigenvalue weighted by Crippen LogP contribution is 2.27. The van der Waals surface area contributed by atoms with E-state index in [1.807, 2.05) is 30.3 Å². The maximum atomic E-state index is 11.8. The van der Waals surface area contributed by atoms with E-state index in [4.69, 9.17) is 9.47 Å². The molecular formula is C19H20N2O5S. The molecule has 142 valence electrons. The third-order valence-electron chi connectivity index (χ3n) is 3.29. The molecule has 0 aromatic heterocycles. The average molecular weight is 388 g/mol. The number of benzene rings is 2. The molecule has 7 nitrogen and oxygen atoms in total. The summed E-state index contributed by atoms with van der Waals surface area (Å²) < 4.78 is 14.6. The summed E-state index contributed by atoms with van der Waals surface area (Å²) in [5.74, 6) is 1.06. The molecule has 0 bridgehead atoms. The molecule has 0 radical (unpaired) electrons. The number of rotatable bonds is 8. The summed E-state index contributed by atoms with van der Waals surface area (Å²) in [5, 5.41) is 3.93. The molecule has 2 aromatic rings. The van der Waals surface area contributed by atoms with Crippen molar-refractivity contribution in [3.63, 3.8) is 0 Å². The van der Waals surface area contributed by atoms with Gasteiger partial charge in [-0.05, 0) is 35.9 Å². The van der Waals surface area contributed by atoms with Gasteiger partial charge < -0.3 is 14.2 Å². The van der Waals surface area contributed by atoms with Crippen molar-refractivity contribution in [2.45, 2.75) is 11.3 Å². The predicted molar refractivity (Wildman–Crippen MR) is 104 cm³/mol. The molecule has 0 fully saturated rings. The first-order valence-electron chi connectivity index (χ1n) is 8.06. The number of hydrogen-bond acceptors (Lipinski definition) is 7. The molecule has 0 unspecified atom stereocenters. The number of carbonyl (C=O) groups excluding carboxylic acids is 2. The Morgan fingerprint density at radius 3 is 2.59 bits per heavy atom. The first kappa shape index (κ1) is 20.3. The Bertz CT molecular complexity index is 796. The summed E-state index contributed by atoms with van der Waals surface area (Å²) in [7, 11) is 2.67. The molecule has 2 rings (SSSR count). The van der Waals surface area contributed by atoms with Crippen molar-refractivity contribution in [1.82, 2.24) is 5.43 Å². The van der Waals surface area contributed by atoms with E-state index in [-0.39, 0.29) is 11.7 Å². The van der Waals surface area contributed by atoms with Crippen molar-refractivity contribution < 1.29 is 23.8 Å². The lowest BCUT2D eigenvalue weighted by molar-refractivity contribution is -0.120. The number of nitrogens with zero attached hydrogens (tertiary/aromatic N) is 1. The first-order valence-corrected chi connectivity index (χ1v) is 9.04. The number of hydrogen-bond donors (Lipinski definition) is 1. The van der Waals surface area contributed by atoms with E-state index in [2.05, 4.69) is 15.3 Å². The number of methoxy groups -OCH3 is 2. The van der Waals surface area contributed by atoms with Gasteiger partial charge in [-0.2, -0.15) is 5.10 Å². The van der Waals surface area contributed by atoms with Crippen LogP contribution in [0.15, 0.2) is 58.5 Å². The van der Waals surface area contributed by atoms with Crippen molar-refractivity contribution in [3.05, 3.63) is 54.1 Å². The maximum Gasteiger partial charge on any atom is 0.513 e. The Hall–Kier alpha value is -3.00. The van der Waals surface area contributed by atoms with Gasteiger partial charge in [0.05, 0.1) is 20.4 Å². The lowest BCUT2D eigenvalue weighted by atomic mass is 10.2. The summed E-state index contributed by atoms with van der Waals surface area (Å²) in [5.41, 5.74) is 3.15. The molecule has 1 N–H and O–H groups in total. The smallest absolute Gasteiger partial charge is 0.493 e. The fraction of sp³-hybridized carbons (Fsp3) is 0.211. The van der Waals surface area contributed by atoms with Crippen LogP contribution in [0.1, 0.15) is 12.0 Å². The molecule has 0 aliphatic carbocycles. The minimum atomic E-state index is -0.838. The van der Waals surface area contributed by atoms with Crippen LogP contribution in [0.5, 0.6) is 11.5 Å². The number of nitrogens with one attached hydrogen (secondary N) is 1. The second-order valence-corrected chi connectivity index (χ2v) is 6.34. The van der Waals surface area contributed by atoms with Gasteiger partial charge in [0.25, 0.3) is 0 Å². The number of ether oxygens (including phenoxy) is 3. The van der Waals surface area contributed by atoms with Crippen LogP contribution >= 0.6 is 11.8 Å². The van der Waals surface area contributed by atoms with Crippen molar-refractivity contribution in [2.75, 3.05) is 20.0 Å².